The lowest BCUT2D eigenvalue weighted by molar-refractivity contribution is 0.232. The Morgan fingerprint density at radius 2 is 1.87 bits per heavy atom. The lowest BCUT2D eigenvalue weighted by Crippen LogP contribution is -2.35. The standard InChI is InChI=1S/C22H24N4O4/c1-28-14-10-19(29-2)16(20(11-14)30-3)12-26-9-7-15-18(13-26)24-21(25-22(15)27)17-6-4-5-8-23-17/h4-6,8,10-11H,7,9,12-13H2,1-3H3,(H,24,25,27). The van der Waals surface area contributed by atoms with E-state index in [2.05, 4.69) is 14.9 Å². The summed E-state index contributed by atoms with van der Waals surface area (Å²) in [6.07, 6.45) is 2.31. The number of benzene rings is 1. The van der Waals surface area contributed by atoms with Crippen molar-refractivity contribution in [1.29, 1.82) is 0 Å². The number of hydrogen-bond acceptors (Lipinski definition) is 7. The summed E-state index contributed by atoms with van der Waals surface area (Å²) in [5.41, 5.74) is 2.99. The van der Waals surface area contributed by atoms with Crippen molar-refractivity contribution in [2.24, 2.45) is 0 Å². The van der Waals surface area contributed by atoms with Crippen molar-refractivity contribution in [3.05, 3.63) is 63.7 Å². The lowest BCUT2D eigenvalue weighted by atomic mass is 10.0. The van der Waals surface area contributed by atoms with E-state index in [-0.39, 0.29) is 5.56 Å². The molecule has 0 amide bonds. The molecule has 3 heterocycles. The smallest absolute Gasteiger partial charge is 0.254 e. The first-order valence-corrected chi connectivity index (χ1v) is 9.67. The van der Waals surface area contributed by atoms with Gasteiger partial charge in [-0.05, 0) is 18.6 Å². The largest absolute Gasteiger partial charge is 0.496 e. The first-order valence-electron chi connectivity index (χ1n) is 9.67. The number of H-pyrrole nitrogens is 1. The SMILES string of the molecule is COc1cc(OC)c(CN2CCc3c(nc(-c4ccccn4)[nH]c3=O)C2)c(OC)c1. The van der Waals surface area contributed by atoms with Gasteiger partial charge in [0.25, 0.3) is 5.56 Å². The molecule has 2 aromatic heterocycles. The number of methoxy groups -OCH3 is 3. The molecule has 0 fully saturated rings. The van der Waals surface area contributed by atoms with Crippen molar-refractivity contribution >= 4 is 0 Å². The Morgan fingerprint density at radius 3 is 2.50 bits per heavy atom. The van der Waals surface area contributed by atoms with Crippen LogP contribution in [0.1, 0.15) is 16.8 Å². The fourth-order valence-electron chi connectivity index (χ4n) is 3.71. The van der Waals surface area contributed by atoms with Crippen LogP contribution < -0.4 is 19.8 Å². The number of nitrogens with zero attached hydrogens (tertiary/aromatic N) is 3. The van der Waals surface area contributed by atoms with Gasteiger partial charge in [-0.15, -0.1) is 0 Å². The number of pyridine rings is 1. The van der Waals surface area contributed by atoms with Crippen LogP contribution in [0.3, 0.4) is 0 Å². The van der Waals surface area contributed by atoms with Gasteiger partial charge in [-0.25, -0.2) is 4.98 Å². The average molecular weight is 408 g/mol. The maximum Gasteiger partial charge on any atom is 0.254 e. The lowest BCUT2D eigenvalue weighted by Gasteiger charge is -2.29. The molecule has 0 unspecified atom stereocenters. The maximum absolute atomic E-state index is 12.6. The minimum Gasteiger partial charge on any atom is -0.496 e. The molecule has 30 heavy (non-hydrogen) atoms. The highest BCUT2D eigenvalue weighted by molar-refractivity contribution is 5.51. The van der Waals surface area contributed by atoms with Crippen molar-refractivity contribution in [2.75, 3.05) is 27.9 Å². The minimum atomic E-state index is -0.0973. The van der Waals surface area contributed by atoms with E-state index in [9.17, 15) is 4.79 Å². The van der Waals surface area contributed by atoms with Gasteiger partial charge in [-0.1, -0.05) is 6.07 Å². The Morgan fingerprint density at radius 1 is 1.10 bits per heavy atom. The summed E-state index contributed by atoms with van der Waals surface area (Å²) in [4.78, 5) is 26.7. The van der Waals surface area contributed by atoms with Gasteiger partial charge in [0, 0.05) is 43.5 Å². The number of aromatic nitrogens is 3. The highest BCUT2D eigenvalue weighted by atomic mass is 16.5. The topological polar surface area (TPSA) is 89.6 Å². The van der Waals surface area contributed by atoms with E-state index in [1.54, 1.807) is 27.5 Å². The second-order valence-corrected chi connectivity index (χ2v) is 7.03. The van der Waals surface area contributed by atoms with Crippen LogP contribution in [0.5, 0.6) is 17.2 Å². The minimum absolute atomic E-state index is 0.0973. The van der Waals surface area contributed by atoms with E-state index in [0.717, 1.165) is 23.4 Å². The summed E-state index contributed by atoms with van der Waals surface area (Å²) in [6, 6.07) is 9.22. The number of ether oxygens (including phenoxy) is 3. The molecule has 1 N–H and O–H groups in total. The van der Waals surface area contributed by atoms with Crippen LogP contribution in [-0.2, 0) is 19.5 Å². The van der Waals surface area contributed by atoms with Crippen molar-refractivity contribution in [3.8, 4) is 28.8 Å². The van der Waals surface area contributed by atoms with Gasteiger partial charge < -0.3 is 19.2 Å². The third-order valence-electron chi connectivity index (χ3n) is 5.26. The fourth-order valence-corrected chi connectivity index (χ4v) is 3.71. The molecule has 0 radical (unpaired) electrons. The van der Waals surface area contributed by atoms with Crippen LogP contribution in [0.2, 0.25) is 0 Å². The van der Waals surface area contributed by atoms with E-state index in [4.69, 9.17) is 19.2 Å². The first-order chi connectivity index (χ1) is 14.6. The first kappa shape index (κ1) is 19.9. The van der Waals surface area contributed by atoms with Crippen molar-refractivity contribution < 1.29 is 14.2 Å². The second kappa shape index (κ2) is 8.54. The van der Waals surface area contributed by atoms with Gasteiger partial charge in [0.2, 0.25) is 0 Å². The molecule has 156 valence electrons. The summed E-state index contributed by atoms with van der Waals surface area (Å²) in [5.74, 6) is 2.56. The Hall–Kier alpha value is -3.39. The molecule has 0 atom stereocenters. The van der Waals surface area contributed by atoms with Crippen LogP contribution in [0, 0.1) is 0 Å². The molecule has 0 saturated heterocycles. The van der Waals surface area contributed by atoms with E-state index >= 15 is 0 Å². The fraction of sp³-hybridized carbons (Fsp3) is 0.318. The summed E-state index contributed by atoms with van der Waals surface area (Å²) in [7, 11) is 4.87. The van der Waals surface area contributed by atoms with Crippen LogP contribution in [0.25, 0.3) is 11.5 Å². The molecule has 0 spiro atoms. The third kappa shape index (κ3) is 3.86. The highest BCUT2D eigenvalue weighted by Gasteiger charge is 2.24. The zero-order valence-electron chi connectivity index (χ0n) is 17.3. The molecular weight excluding hydrogens is 384 g/mol. The predicted molar refractivity (Wildman–Crippen MR) is 112 cm³/mol. The van der Waals surface area contributed by atoms with Gasteiger partial charge in [0.1, 0.15) is 22.9 Å². The van der Waals surface area contributed by atoms with E-state index in [1.807, 2.05) is 30.3 Å². The third-order valence-corrected chi connectivity index (χ3v) is 5.26. The number of aromatic amines is 1. The molecule has 8 heteroatoms. The zero-order chi connectivity index (χ0) is 21.1. The summed E-state index contributed by atoms with van der Waals surface area (Å²) < 4.78 is 16.5. The van der Waals surface area contributed by atoms with Crippen molar-refractivity contribution in [1.82, 2.24) is 19.9 Å². The molecule has 0 bridgehead atoms. The van der Waals surface area contributed by atoms with Gasteiger partial charge in [-0.3, -0.25) is 14.7 Å². The Balaban J connectivity index is 1.64. The summed E-state index contributed by atoms with van der Waals surface area (Å²) >= 11 is 0. The summed E-state index contributed by atoms with van der Waals surface area (Å²) in [6.45, 7) is 1.89. The number of fused-ring (bicyclic) bond motifs is 1. The van der Waals surface area contributed by atoms with Gasteiger partial charge in [0.05, 0.1) is 32.6 Å². The Bertz CT molecular complexity index is 1070. The molecule has 4 rings (SSSR count). The van der Waals surface area contributed by atoms with Crippen LogP contribution in [-0.4, -0.2) is 47.7 Å². The number of hydrogen-bond donors (Lipinski definition) is 1. The van der Waals surface area contributed by atoms with E-state index in [0.29, 0.717) is 48.3 Å². The molecule has 1 aliphatic heterocycles. The Labute approximate surface area is 174 Å². The molecule has 0 saturated carbocycles. The van der Waals surface area contributed by atoms with Crippen molar-refractivity contribution in [2.45, 2.75) is 19.5 Å². The number of rotatable bonds is 6. The number of nitrogens with one attached hydrogen (secondary N) is 1. The average Bonchev–Trinajstić information content (AvgIpc) is 2.79. The van der Waals surface area contributed by atoms with Gasteiger partial charge in [-0.2, -0.15) is 0 Å². The molecular formula is C22H24N4O4. The molecule has 0 aliphatic carbocycles. The van der Waals surface area contributed by atoms with Gasteiger partial charge >= 0.3 is 0 Å². The zero-order valence-corrected chi connectivity index (χ0v) is 17.3. The van der Waals surface area contributed by atoms with Crippen LogP contribution in [0.15, 0.2) is 41.3 Å². The van der Waals surface area contributed by atoms with Crippen LogP contribution in [0.4, 0.5) is 0 Å². The molecule has 1 aliphatic rings. The Kier molecular flexibility index (Phi) is 5.67. The van der Waals surface area contributed by atoms with E-state index < -0.39 is 0 Å². The predicted octanol–water partition coefficient (Wildman–Crippen LogP) is 2.42. The molecule has 3 aromatic rings. The van der Waals surface area contributed by atoms with Crippen LogP contribution >= 0.6 is 0 Å². The second-order valence-electron chi connectivity index (χ2n) is 7.03. The monoisotopic (exact) mass is 408 g/mol. The molecule has 1 aromatic carbocycles. The normalized spacial score (nSPS) is 13.6. The molecule has 8 nitrogen and oxygen atoms in total. The highest BCUT2D eigenvalue weighted by Crippen LogP contribution is 2.35. The van der Waals surface area contributed by atoms with Crippen molar-refractivity contribution in [3.63, 3.8) is 0 Å². The van der Waals surface area contributed by atoms with Gasteiger partial charge in [0.15, 0.2) is 5.82 Å². The quantitative estimate of drug-likeness (QED) is 0.670. The maximum atomic E-state index is 12.6. The summed E-state index contributed by atoms with van der Waals surface area (Å²) in [5, 5.41) is 0. The van der Waals surface area contributed by atoms with E-state index in [1.165, 1.54) is 0 Å².